The maximum Gasteiger partial charge on any atom is 0.287 e. The molecule has 1 N–H and O–H groups in total. The number of nitrogens with zero attached hydrogens (tertiary/aromatic N) is 1. The summed E-state index contributed by atoms with van der Waals surface area (Å²) in [4.78, 5) is 15.2. The largest absolute Gasteiger partial charge is 0.451 e. The van der Waals surface area contributed by atoms with Gasteiger partial charge < -0.3 is 14.5 Å². The Bertz CT molecular complexity index is 962. The molecule has 4 rings (SSSR count). The van der Waals surface area contributed by atoms with Gasteiger partial charge in [0, 0.05) is 24.1 Å². The number of carbonyl (C=O) groups is 1. The molecule has 152 valence electrons. The van der Waals surface area contributed by atoms with Gasteiger partial charge in [-0.05, 0) is 32.0 Å². The number of furan rings is 1. The van der Waals surface area contributed by atoms with Crippen LogP contribution < -0.4 is 5.32 Å². The second-order valence-corrected chi connectivity index (χ2v) is 9.81. The predicted molar refractivity (Wildman–Crippen MR) is 106 cm³/mol. The van der Waals surface area contributed by atoms with E-state index < -0.39 is 15.9 Å². The number of carbonyl (C=O) groups excluding carboxylic acids is 1. The van der Waals surface area contributed by atoms with E-state index in [9.17, 15) is 13.2 Å². The van der Waals surface area contributed by atoms with E-state index in [4.69, 9.17) is 9.15 Å². The summed E-state index contributed by atoms with van der Waals surface area (Å²) in [6.45, 7) is 2.01. The van der Waals surface area contributed by atoms with Crippen LogP contribution in [0.2, 0.25) is 0 Å². The number of fused-ring (bicyclic) bond motifs is 1. The number of likely N-dealkylation sites (tertiary alicyclic amines) is 1. The zero-order valence-corrected chi connectivity index (χ0v) is 16.8. The summed E-state index contributed by atoms with van der Waals surface area (Å²) in [6.07, 6.45) is 3.31. The van der Waals surface area contributed by atoms with E-state index in [0.717, 1.165) is 31.3 Å². The molecule has 28 heavy (non-hydrogen) atoms. The highest BCUT2D eigenvalue weighted by atomic mass is 32.2. The third-order valence-corrected chi connectivity index (χ3v) is 7.41. The monoisotopic (exact) mass is 406 g/mol. The molecule has 8 heteroatoms. The van der Waals surface area contributed by atoms with E-state index in [1.807, 2.05) is 24.3 Å². The van der Waals surface area contributed by atoms with E-state index in [2.05, 4.69) is 10.2 Å². The van der Waals surface area contributed by atoms with Gasteiger partial charge in [0.2, 0.25) is 0 Å². The topological polar surface area (TPSA) is 88.8 Å². The lowest BCUT2D eigenvalue weighted by Gasteiger charge is -2.34. The van der Waals surface area contributed by atoms with Crippen LogP contribution in [0.25, 0.3) is 11.0 Å². The number of methoxy groups -OCH3 is 1. The van der Waals surface area contributed by atoms with Crippen LogP contribution in [0.5, 0.6) is 0 Å². The van der Waals surface area contributed by atoms with Crippen molar-refractivity contribution >= 4 is 26.7 Å². The van der Waals surface area contributed by atoms with Crippen LogP contribution >= 0.6 is 0 Å². The second kappa shape index (κ2) is 7.85. The molecule has 2 aliphatic rings. The van der Waals surface area contributed by atoms with Gasteiger partial charge in [-0.3, -0.25) is 9.69 Å². The van der Waals surface area contributed by atoms with Gasteiger partial charge in [-0.15, -0.1) is 0 Å². The van der Waals surface area contributed by atoms with E-state index >= 15 is 0 Å². The number of hydrogen-bond donors (Lipinski definition) is 1. The van der Waals surface area contributed by atoms with Crippen molar-refractivity contribution in [1.29, 1.82) is 0 Å². The van der Waals surface area contributed by atoms with Gasteiger partial charge in [0.15, 0.2) is 15.6 Å². The Balaban J connectivity index is 1.60. The number of nitrogens with one attached hydrogen (secondary N) is 1. The van der Waals surface area contributed by atoms with Crippen LogP contribution in [0.3, 0.4) is 0 Å². The SMILES string of the molecule is COCc1c(C(=O)N[C@@H]2CS(=O)(=O)C[C@@H]2N2CCCCC2)oc2ccccc12. The quantitative estimate of drug-likeness (QED) is 0.817. The van der Waals surface area contributed by atoms with Crippen molar-refractivity contribution in [2.75, 3.05) is 31.7 Å². The van der Waals surface area contributed by atoms with Gasteiger partial charge in [-0.25, -0.2) is 8.42 Å². The van der Waals surface area contributed by atoms with Crippen LogP contribution in [-0.4, -0.2) is 63.0 Å². The van der Waals surface area contributed by atoms with Gasteiger partial charge in [-0.1, -0.05) is 24.6 Å². The van der Waals surface area contributed by atoms with Crippen molar-refractivity contribution < 1.29 is 22.4 Å². The fourth-order valence-electron chi connectivity index (χ4n) is 4.38. The molecule has 0 saturated carbocycles. The van der Waals surface area contributed by atoms with Crippen LogP contribution in [0.1, 0.15) is 35.4 Å². The van der Waals surface area contributed by atoms with E-state index in [1.165, 1.54) is 6.42 Å². The Morgan fingerprint density at radius 1 is 1.21 bits per heavy atom. The molecular formula is C20H26N2O5S. The summed E-state index contributed by atoms with van der Waals surface area (Å²) in [5.41, 5.74) is 1.30. The van der Waals surface area contributed by atoms with Gasteiger partial charge >= 0.3 is 0 Å². The Kier molecular flexibility index (Phi) is 5.44. The molecule has 3 heterocycles. The minimum absolute atomic E-state index is 0.0280. The van der Waals surface area contributed by atoms with E-state index in [1.54, 1.807) is 7.11 Å². The molecule has 0 bridgehead atoms. The molecule has 1 amide bonds. The molecule has 0 spiro atoms. The van der Waals surface area contributed by atoms with Gasteiger partial charge in [0.05, 0.1) is 24.2 Å². The average Bonchev–Trinajstić information content (AvgIpc) is 3.20. The number of para-hydroxylation sites is 1. The lowest BCUT2D eigenvalue weighted by molar-refractivity contribution is 0.0868. The van der Waals surface area contributed by atoms with Crippen LogP contribution in [-0.2, 0) is 21.2 Å². The Labute approximate surface area is 164 Å². The van der Waals surface area contributed by atoms with E-state index in [0.29, 0.717) is 11.1 Å². The predicted octanol–water partition coefficient (Wildman–Crippen LogP) is 1.96. The lowest BCUT2D eigenvalue weighted by atomic mass is 10.0. The third-order valence-electron chi connectivity index (χ3n) is 5.69. The molecular weight excluding hydrogens is 380 g/mol. The summed E-state index contributed by atoms with van der Waals surface area (Å²) >= 11 is 0. The highest BCUT2D eigenvalue weighted by Gasteiger charge is 2.42. The normalized spacial score (nSPS) is 25.2. The first-order valence-corrected chi connectivity index (χ1v) is 11.6. The van der Waals surface area contributed by atoms with Crippen molar-refractivity contribution in [2.24, 2.45) is 0 Å². The Hall–Kier alpha value is -1.90. The van der Waals surface area contributed by atoms with Gasteiger partial charge in [-0.2, -0.15) is 0 Å². The number of sulfone groups is 1. The molecule has 2 atom stereocenters. The molecule has 7 nitrogen and oxygen atoms in total. The molecule has 2 aliphatic heterocycles. The number of ether oxygens (including phenoxy) is 1. The smallest absolute Gasteiger partial charge is 0.287 e. The first-order valence-electron chi connectivity index (χ1n) is 9.73. The van der Waals surface area contributed by atoms with Crippen molar-refractivity contribution in [1.82, 2.24) is 10.2 Å². The molecule has 0 radical (unpaired) electrons. The molecule has 2 fully saturated rings. The zero-order chi connectivity index (χ0) is 19.7. The maximum absolute atomic E-state index is 13.0. The molecule has 0 aliphatic carbocycles. The standard InChI is InChI=1S/C20H26N2O5S/c1-26-11-15-14-7-3-4-8-18(14)27-19(15)20(23)21-16-12-28(24,25)13-17(16)22-9-5-2-6-10-22/h3-4,7-8,16-17H,2,5-6,9-13H2,1H3,(H,21,23)/t16-,17+/m1/s1. The summed E-state index contributed by atoms with van der Waals surface area (Å²) in [6, 6.07) is 6.82. The number of benzene rings is 1. The van der Waals surface area contributed by atoms with Crippen molar-refractivity contribution in [3.63, 3.8) is 0 Å². The minimum Gasteiger partial charge on any atom is -0.451 e. The summed E-state index contributed by atoms with van der Waals surface area (Å²) in [5, 5.41) is 3.78. The van der Waals surface area contributed by atoms with Crippen LogP contribution in [0, 0.1) is 0 Å². The molecule has 0 unspecified atom stereocenters. The lowest BCUT2D eigenvalue weighted by Crippen LogP contribution is -2.52. The minimum atomic E-state index is -3.18. The first kappa shape index (κ1) is 19.4. The van der Waals surface area contributed by atoms with E-state index in [-0.39, 0.29) is 35.8 Å². The van der Waals surface area contributed by atoms with Crippen LogP contribution in [0.4, 0.5) is 0 Å². The molecule has 1 aromatic heterocycles. The number of amides is 1. The summed E-state index contributed by atoms with van der Waals surface area (Å²) in [7, 11) is -1.61. The highest BCUT2D eigenvalue weighted by Crippen LogP contribution is 2.28. The summed E-state index contributed by atoms with van der Waals surface area (Å²) < 4.78 is 35.7. The highest BCUT2D eigenvalue weighted by molar-refractivity contribution is 7.91. The maximum atomic E-state index is 13.0. The Morgan fingerprint density at radius 3 is 2.71 bits per heavy atom. The first-order chi connectivity index (χ1) is 13.5. The molecule has 1 aromatic carbocycles. The fourth-order valence-corrected chi connectivity index (χ4v) is 6.33. The van der Waals surface area contributed by atoms with Gasteiger partial charge in [0.25, 0.3) is 5.91 Å². The zero-order valence-electron chi connectivity index (χ0n) is 16.0. The number of hydrogen-bond acceptors (Lipinski definition) is 6. The average molecular weight is 407 g/mol. The van der Waals surface area contributed by atoms with Crippen molar-refractivity contribution in [2.45, 2.75) is 38.0 Å². The number of rotatable bonds is 5. The molecule has 2 aromatic rings. The molecule has 2 saturated heterocycles. The fraction of sp³-hybridized carbons (Fsp3) is 0.550. The Morgan fingerprint density at radius 2 is 1.96 bits per heavy atom. The van der Waals surface area contributed by atoms with Crippen LogP contribution in [0.15, 0.2) is 28.7 Å². The second-order valence-electron chi connectivity index (χ2n) is 7.66. The third kappa shape index (κ3) is 3.81. The van der Waals surface area contributed by atoms with Crippen molar-refractivity contribution in [3.05, 3.63) is 35.6 Å². The number of piperidine rings is 1. The summed E-state index contributed by atoms with van der Waals surface area (Å²) in [5.74, 6) is -0.111. The van der Waals surface area contributed by atoms with Crippen molar-refractivity contribution in [3.8, 4) is 0 Å². The van der Waals surface area contributed by atoms with Gasteiger partial charge in [0.1, 0.15) is 5.58 Å².